The highest BCUT2D eigenvalue weighted by atomic mass is 19.1. The van der Waals surface area contributed by atoms with Gasteiger partial charge in [-0.05, 0) is 89.5 Å². The molecule has 2 atom stereocenters. The fourth-order valence-electron chi connectivity index (χ4n) is 6.63. The minimum atomic E-state index is -1.27. The van der Waals surface area contributed by atoms with E-state index in [1.807, 2.05) is 41.7 Å². The summed E-state index contributed by atoms with van der Waals surface area (Å²) in [7, 11) is 2.03. The number of carbonyl (C=O) groups is 1. The first-order valence-electron chi connectivity index (χ1n) is 16.2. The van der Waals surface area contributed by atoms with Crippen molar-refractivity contribution in [2.75, 3.05) is 6.61 Å². The molecule has 1 N–H and O–H groups in total. The van der Waals surface area contributed by atoms with E-state index in [0.29, 0.717) is 47.1 Å². The lowest BCUT2D eigenvalue weighted by Crippen LogP contribution is -2.28. The molecule has 4 rings (SSSR count). The van der Waals surface area contributed by atoms with Gasteiger partial charge in [0.1, 0.15) is 5.65 Å². The maximum atomic E-state index is 15.7. The number of fused-ring (bicyclic) bond motifs is 2. The summed E-state index contributed by atoms with van der Waals surface area (Å²) in [4.78, 5) is 17.8. The molecule has 1 aliphatic heterocycles. The maximum absolute atomic E-state index is 15.7. The Bertz CT molecular complexity index is 1450. The molecule has 0 saturated heterocycles. The van der Waals surface area contributed by atoms with Gasteiger partial charge in [-0.1, -0.05) is 52.4 Å². The number of hydrogen-bond acceptors (Lipinski definition) is 4. The quantitative estimate of drug-likeness (QED) is 0.200. The Labute approximate surface area is 257 Å². The Morgan fingerprint density at radius 3 is 2.56 bits per heavy atom. The predicted molar refractivity (Wildman–Crippen MR) is 171 cm³/mol. The molecule has 0 saturated carbocycles. The monoisotopic (exact) mass is 594 g/mol. The number of nitrogens with zero attached hydrogens (tertiary/aromatic N) is 2. The van der Waals surface area contributed by atoms with Crippen LogP contribution in [0, 0.1) is 25.6 Å². The normalized spacial score (nSPS) is 14.9. The Morgan fingerprint density at radius 2 is 1.91 bits per heavy atom. The van der Waals surface area contributed by atoms with Crippen molar-refractivity contribution in [3.63, 3.8) is 0 Å². The SMILES string of the molecule is CCCCCCC(CC)CCc1cc2c(-c3cc(F)c4c(c3C)CCCO4)c(C(OC(C)(C)C)C(=O)O)c(C)nc2n1C. The van der Waals surface area contributed by atoms with Crippen molar-refractivity contribution in [1.82, 2.24) is 9.55 Å². The summed E-state index contributed by atoms with van der Waals surface area (Å²) in [5, 5.41) is 11.3. The predicted octanol–water partition coefficient (Wildman–Crippen LogP) is 9.19. The van der Waals surface area contributed by atoms with Crippen molar-refractivity contribution >= 4 is 17.0 Å². The van der Waals surface area contributed by atoms with Crippen molar-refractivity contribution in [1.29, 1.82) is 0 Å². The summed E-state index contributed by atoms with van der Waals surface area (Å²) in [6, 6.07) is 3.66. The average molecular weight is 595 g/mol. The largest absolute Gasteiger partial charge is 0.490 e. The maximum Gasteiger partial charge on any atom is 0.337 e. The number of rotatable bonds is 13. The van der Waals surface area contributed by atoms with Crippen LogP contribution in [0.5, 0.6) is 5.75 Å². The van der Waals surface area contributed by atoms with Gasteiger partial charge in [-0.3, -0.25) is 0 Å². The summed E-state index contributed by atoms with van der Waals surface area (Å²) in [6.45, 7) is 14.4. The number of halogens is 1. The second-order valence-corrected chi connectivity index (χ2v) is 13.3. The van der Waals surface area contributed by atoms with E-state index in [0.717, 1.165) is 53.5 Å². The number of ether oxygens (including phenoxy) is 2. The molecular formula is C36H51FN2O4. The zero-order chi connectivity index (χ0) is 31.5. The van der Waals surface area contributed by atoms with E-state index in [2.05, 4.69) is 24.5 Å². The summed E-state index contributed by atoms with van der Waals surface area (Å²) in [5.74, 6) is -0.536. The lowest BCUT2D eigenvalue weighted by molar-refractivity contribution is -0.160. The van der Waals surface area contributed by atoms with Gasteiger partial charge >= 0.3 is 5.97 Å². The molecule has 236 valence electrons. The van der Waals surface area contributed by atoms with Crippen molar-refractivity contribution in [2.24, 2.45) is 13.0 Å². The van der Waals surface area contributed by atoms with Crippen LogP contribution in [0.25, 0.3) is 22.2 Å². The molecule has 43 heavy (non-hydrogen) atoms. The molecule has 1 aromatic carbocycles. The second-order valence-electron chi connectivity index (χ2n) is 13.3. The van der Waals surface area contributed by atoms with Gasteiger partial charge in [-0.25, -0.2) is 14.2 Å². The van der Waals surface area contributed by atoms with Gasteiger partial charge in [0.2, 0.25) is 0 Å². The fourth-order valence-corrected chi connectivity index (χ4v) is 6.63. The molecule has 7 heteroatoms. The van der Waals surface area contributed by atoms with Crippen LogP contribution in [0.15, 0.2) is 12.1 Å². The van der Waals surface area contributed by atoms with E-state index in [1.54, 1.807) is 0 Å². The van der Waals surface area contributed by atoms with Crippen molar-refractivity contribution in [3.05, 3.63) is 46.0 Å². The summed E-state index contributed by atoms with van der Waals surface area (Å²) in [6.07, 6.45) is 9.74. The van der Waals surface area contributed by atoms with Gasteiger partial charge in [-0.15, -0.1) is 0 Å². The van der Waals surface area contributed by atoms with Gasteiger partial charge < -0.3 is 19.1 Å². The highest BCUT2D eigenvalue weighted by Gasteiger charge is 2.34. The molecular weight excluding hydrogens is 543 g/mol. The highest BCUT2D eigenvalue weighted by Crippen LogP contribution is 2.45. The smallest absolute Gasteiger partial charge is 0.337 e. The molecule has 0 aliphatic carbocycles. The van der Waals surface area contributed by atoms with Crippen LogP contribution in [-0.2, 0) is 29.4 Å². The topological polar surface area (TPSA) is 73.6 Å². The molecule has 2 unspecified atom stereocenters. The third-order valence-corrected chi connectivity index (χ3v) is 9.02. The van der Waals surface area contributed by atoms with Gasteiger partial charge in [0.15, 0.2) is 17.7 Å². The van der Waals surface area contributed by atoms with Crippen molar-refractivity contribution in [3.8, 4) is 16.9 Å². The number of aryl methyl sites for hydroxylation is 3. The van der Waals surface area contributed by atoms with Crippen LogP contribution in [-0.4, -0.2) is 32.8 Å². The van der Waals surface area contributed by atoms with Crippen LogP contribution in [0.4, 0.5) is 4.39 Å². The van der Waals surface area contributed by atoms with Crippen LogP contribution < -0.4 is 4.74 Å². The second kappa shape index (κ2) is 13.8. The van der Waals surface area contributed by atoms with E-state index < -0.39 is 23.5 Å². The van der Waals surface area contributed by atoms with Crippen LogP contribution >= 0.6 is 0 Å². The first-order valence-corrected chi connectivity index (χ1v) is 16.2. The minimum Gasteiger partial charge on any atom is -0.490 e. The van der Waals surface area contributed by atoms with E-state index in [-0.39, 0.29) is 0 Å². The fraction of sp³-hybridized carbons (Fsp3) is 0.611. The van der Waals surface area contributed by atoms with E-state index in [4.69, 9.17) is 14.5 Å². The summed E-state index contributed by atoms with van der Waals surface area (Å²) in [5.41, 5.74) is 5.38. The van der Waals surface area contributed by atoms with Gasteiger partial charge in [0.05, 0.1) is 12.2 Å². The molecule has 6 nitrogen and oxygen atoms in total. The first-order chi connectivity index (χ1) is 20.4. The molecule has 0 amide bonds. The number of aromatic nitrogens is 2. The Balaban J connectivity index is 1.90. The van der Waals surface area contributed by atoms with Gasteiger partial charge in [0.25, 0.3) is 0 Å². The Morgan fingerprint density at radius 1 is 1.16 bits per heavy atom. The lowest BCUT2D eigenvalue weighted by atomic mass is 9.86. The number of benzene rings is 1. The molecule has 0 spiro atoms. The van der Waals surface area contributed by atoms with Crippen LogP contribution in [0.3, 0.4) is 0 Å². The number of hydrogen-bond donors (Lipinski definition) is 1. The summed E-state index contributed by atoms with van der Waals surface area (Å²) < 4.78 is 29.7. The molecule has 3 heterocycles. The number of aliphatic carboxylic acids is 1. The Kier molecular flexibility index (Phi) is 10.6. The third-order valence-electron chi connectivity index (χ3n) is 9.02. The number of carboxylic acid groups (broad SMARTS) is 1. The zero-order valence-electron chi connectivity index (χ0n) is 27.5. The molecule has 0 radical (unpaired) electrons. The van der Waals surface area contributed by atoms with Crippen molar-refractivity contribution < 1.29 is 23.8 Å². The van der Waals surface area contributed by atoms with E-state index in [9.17, 15) is 9.90 Å². The standard InChI is InChI=1S/C36H51FN2O4/c1-9-11-12-13-15-24(10-2)17-18-25-20-28-31(27-21-29(37)32-26(22(27)3)16-14-19-42-32)30(23(4)38-34(28)39(25)8)33(35(40)41)43-36(5,6)7/h20-21,24,33H,9-19H2,1-8H3,(H,40,41). The van der Waals surface area contributed by atoms with Crippen LogP contribution in [0.2, 0.25) is 0 Å². The van der Waals surface area contributed by atoms with E-state index >= 15 is 4.39 Å². The number of carboxylic acids is 1. The number of pyridine rings is 1. The van der Waals surface area contributed by atoms with Crippen LogP contribution in [0.1, 0.15) is 120 Å². The summed E-state index contributed by atoms with van der Waals surface area (Å²) >= 11 is 0. The third kappa shape index (κ3) is 7.25. The molecule has 0 fully saturated rings. The molecule has 3 aromatic rings. The lowest BCUT2D eigenvalue weighted by Gasteiger charge is -2.29. The van der Waals surface area contributed by atoms with Crippen molar-refractivity contribution in [2.45, 2.75) is 124 Å². The first kappa shape index (κ1) is 33.0. The minimum absolute atomic E-state index is 0.315. The molecule has 1 aliphatic rings. The van der Waals surface area contributed by atoms with Gasteiger partial charge in [-0.2, -0.15) is 0 Å². The Hall–Kier alpha value is -2.93. The zero-order valence-corrected chi connectivity index (χ0v) is 27.5. The highest BCUT2D eigenvalue weighted by molar-refractivity contribution is 5.99. The number of unbranched alkanes of at least 4 members (excludes halogenated alkanes) is 3. The average Bonchev–Trinajstić information content (AvgIpc) is 3.27. The molecule has 2 aromatic heterocycles. The molecule has 0 bridgehead atoms. The van der Waals surface area contributed by atoms with Gasteiger partial charge in [0, 0.05) is 40.5 Å². The van der Waals surface area contributed by atoms with E-state index in [1.165, 1.54) is 38.2 Å².